The van der Waals surface area contributed by atoms with E-state index in [-0.39, 0.29) is 5.91 Å². The Hall–Kier alpha value is -1.70. The van der Waals surface area contributed by atoms with Crippen LogP contribution in [0, 0.1) is 0 Å². The van der Waals surface area contributed by atoms with Crippen molar-refractivity contribution in [1.29, 1.82) is 0 Å². The first-order chi connectivity index (χ1) is 12.0. The van der Waals surface area contributed by atoms with Crippen molar-refractivity contribution in [1.82, 2.24) is 19.4 Å². The molecule has 0 spiro atoms. The molecular weight excluding hydrogens is 352 g/mol. The van der Waals surface area contributed by atoms with Crippen LogP contribution in [0.25, 0.3) is 17.1 Å². The molecule has 25 heavy (non-hydrogen) atoms. The van der Waals surface area contributed by atoms with Crippen LogP contribution < -0.4 is 0 Å². The number of hydrogen-bond donors (Lipinski definition) is 0. The van der Waals surface area contributed by atoms with Gasteiger partial charge in [0, 0.05) is 26.2 Å². The van der Waals surface area contributed by atoms with Crippen molar-refractivity contribution >= 4 is 51.3 Å². The van der Waals surface area contributed by atoms with Crippen LogP contribution in [-0.4, -0.2) is 55.8 Å². The lowest BCUT2D eigenvalue weighted by Crippen LogP contribution is -2.37. The van der Waals surface area contributed by atoms with Crippen LogP contribution in [0.1, 0.15) is 19.7 Å². The quantitative estimate of drug-likeness (QED) is 0.574. The van der Waals surface area contributed by atoms with Gasteiger partial charge in [-0.1, -0.05) is 50.0 Å². The Kier molecular flexibility index (Phi) is 5.56. The van der Waals surface area contributed by atoms with E-state index in [4.69, 9.17) is 12.2 Å². The summed E-state index contributed by atoms with van der Waals surface area (Å²) in [7, 11) is 1.96. The summed E-state index contributed by atoms with van der Waals surface area (Å²) in [6, 6.07) is 7.95. The highest BCUT2D eigenvalue weighted by atomic mass is 32.2. The zero-order valence-corrected chi connectivity index (χ0v) is 16.4. The molecule has 0 saturated carbocycles. The SMILES string of the molecule is CCN(CC)CCN1C(=O)/C(=C\c2nc3ccccc3n2C)SC1=S. The highest BCUT2D eigenvalue weighted by Gasteiger charge is 2.32. The molecule has 1 aliphatic heterocycles. The van der Waals surface area contributed by atoms with E-state index >= 15 is 0 Å². The number of nitrogens with zero attached hydrogens (tertiary/aromatic N) is 4. The fourth-order valence-corrected chi connectivity index (χ4v) is 4.16. The molecule has 5 nitrogen and oxygen atoms in total. The highest BCUT2D eigenvalue weighted by Crippen LogP contribution is 2.32. The molecular formula is C18H22N4OS2. The number of aryl methyl sites for hydroxylation is 1. The van der Waals surface area contributed by atoms with E-state index in [0.717, 1.165) is 36.5 Å². The lowest BCUT2D eigenvalue weighted by Gasteiger charge is -2.21. The molecule has 0 N–H and O–H groups in total. The van der Waals surface area contributed by atoms with Crippen LogP contribution in [0.3, 0.4) is 0 Å². The summed E-state index contributed by atoms with van der Waals surface area (Å²) < 4.78 is 2.62. The summed E-state index contributed by atoms with van der Waals surface area (Å²) >= 11 is 6.77. The van der Waals surface area contributed by atoms with E-state index in [0.29, 0.717) is 15.8 Å². The average Bonchev–Trinajstić information content (AvgIpc) is 3.07. The Bertz CT molecular complexity index is 839. The summed E-state index contributed by atoms with van der Waals surface area (Å²) in [4.78, 5) is 22.0. The van der Waals surface area contributed by atoms with Crippen LogP contribution in [0.2, 0.25) is 0 Å². The van der Waals surface area contributed by atoms with Gasteiger partial charge in [0.1, 0.15) is 10.1 Å². The van der Waals surface area contributed by atoms with Gasteiger partial charge in [-0.15, -0.1) is 0 Å². The maximum Gasteiger partial charge on any atom is 0.266 e. The van der Waals surface area contributed by atoms with Gasteiger partial charge in [-0.05, 0) is 25.2 Å². The first kappa shape index (κ1) is 18.1. The molecule has 1 aromatic heterocycles. The number of rotatable bonds is 6. The fourth-order valence-electron chi connectivity index (χ4n) is 2.88. The van der Waals surface area contributed by atoms with Gasteiger partial charge < -0.3 is 9.47 Å². The molecule has 0 bridgehead atoms. The zero-order chi connectivity index (χ0) is 18.0. The van der Waals surface area contributed by atoms with E-state index < -0.39 is 0 Å². The third-order valence-electron chi connectivity index (χ3n) is 4.49. The number of carbonyl (C=O) groups is 1. The molecule has 0 aliphatic carbocycles. The monoisotopic (exact) mass is 374 g/mol. The molecule has 7 heteroatoms. The Labute approximate surface area is 157 Å². The molecule has 2 heterocycles. The summed E-state index contributed by atoms with van der Waals surface area (Å²) in [5.74, 6) is 0.750. The van der Waals surface area contributed by atoms with Crippen molar-refractivity contribution in [2.45, 2.75) is 13.8 Å². The summed E-state index contributed by atoms with van der Waals surface area (Å²) in [5, 5.41) is 0. The van der Waals surface area contributed by atoms with Gasteiger partial charge in [-0.3, -0.25) is 9.69 Å². The maximum absolute atomic E-state index is 12.7. The van der Waals surface area contributed by atoms with Crippen molar-refractivity contribution < 1.29 is 4.79 Å². The number of thioether (sulfide) groups is 1. The van der Waals surface area contributed by atoms with Crippen molar-refractivity contribution in [3.05, 3.63) is 35.0 Å². The molecule has 132 valence electrons. The number of hydrogen-bond acceptors (Lipinski definition) is 5. The van der Waals surface area contributed by atoms with Gasteiger partial charge in [0.2, 0.25) is 0 Å². The Morgan fingerprint density at radius 2 is 2.00 bits per heavy atom. The number of imidazole rings is 1. The largest absolute Gasteiger partial charge is 0.328 e. The number of likely N-dealkylation sites (N-methyl/N-ethyl adjacent to an activating group) is 1. The van der Waals surface area contributed by atoms with Gasteiger partial charge in [0.15, 0.2) is 0 Å². The Balaban J connectivity index is 1.81. The second-order valence-electron chi connectivity index (χ2n) is 5.88. The number of para-hydroxylation sites is 2. The topological polar surface area (TPSA) is 41.4 Å². The first-order valence-corrected chi connectivity index (χ1v) is 9.66. The third kappa shape index (κ3) is 3.63. The molecule has 1 fully saturated rings. The molecule has 1 aliphatic rings. The number of carbonyl (C=O) groups excluding carboxylic acids is 1. The van der Waals surface area contributed by atoms with Crippen molar-refractivity contribution in [3.8, 4) is 0 Å². The summed E-state index contributed by atoms with van der Waals surface area (Å²) in [5.41, 5.74) is 1.97. The van der Waals surface area contributed by atoms with Crippen molar-refractivity contribution in [3.63, 3.8) is 0 Å². The molecule has 1 aromatic carbocycles. The smallest absolute Gasteiger partial charge is 0.266 e. The van der Waals surface area contributed by atoms with Gasteiger partial charge in [0.25, 0.3) is 5.91 Å². The summed E-state index contributed by atoms with van der Waals surface area (Å²) in [6.07, 6.45) is 1.84. The molecule has 0 atom stereocenters. The number of aromatic nitrogens is 2. The van der Waals surface area contributed by atoms with Crippen LogP contribution in [0.4, 0.5) is 0 Å². The Morgan fingerprint density at radius 3 is 2.68 bits per heavy atom. The molecule has 0 unspecified atom stereocenters. The lowest BCUT2D eigenvalue weighted by atomic mass is 10.3. The first-order valence-electron chi connectivity index (χ1n) is 8.44. The van der Waals surface area contributed by atoms with E-state index in [9.17, 15) is 4.79 Å². The number of thiocarbonyl (C=S) groups is 1. The molecule has 1 saturated heterocycles. The van der Waals surface area contributed by atoms with Crippen molar-refractivity contribution in [2.24, 2.45) is 7.05 Å². The van der Waals surface area contributed by atoms with Gasteiger partial charge >= 0.3 is 0 Å². The normalized spacial score (nSPS) is 16.8. The van der Waals surface area contributed by atoms with Gasteiger partial charge in [0.05, 0.1) is 15.9 Å². The van der Waals surface area contributed by atoms with Crippen LogP contribution in [-0.2, 0) is 11.8 Å². The van der Waals surface area contributed by atoms with Gasteiger partial charge in [-0.25, -0.2) is 4.98 Å². The van der Waals surface area contributed by atoms with E-state index in [1.54, 1.807) is 4.90 Å². The summed E-state index contributed by atoms with van der Waals surface area (Å²) in [6.45, 7) is 7.66. The van der Waals surface area contributed by atoms with E-state index in [1.165, 1.54) is 11.8 Å². The van der Waals surface area contributed by atoms with Gasteiger partial charge in [-0.2, -0.15) is 0 Å². The third-order valence-corrected chi connectivity index (χ3v) is 5.87. The number of benzene rings is 1. The predicted molar refractivity (Wildman–Crippen MR) is 108 cm³/mol. The Morgan fingerprint density at radius 1 is 1.28 bits per heavy atom. The van der Waals surface area contributed by atoms with Crippen molar-refractivity contribution in [2.75, 3.05) is 26.2 Å². The van der Waals surface area contributed by atoms with Crippen LogP contribution >= 0.6 is 24.0 Å². The fraction of sp³-hybridized carbons (Fsp3) is 0.389. The number of amides is 1. The van der Waals surface area contributed by atoms with Crippen LogP contribution in [0.5, 0.6) is 0 Å². The molecule has 1 amide bonds. The second kappa shape index (κ2) is 7.68. The predicted octanol–water partition coefficient (Wildman–Crippen LogP) is 3.12. The molecule has 2 aromatic rings. The minimum atomic E-state index is -0.0192. The second-order valence-corrected chi connectivity index (χ2v) is 7.55. The minimum absolute atomic E-state index is 0.0192. The molecule has 0 radical (unpaired) electrons. The maximum atomic E-state index is 12.7. The minimum Gasteiger partial charge on any atom is -0.328 e. The van der Waals surface area contributed by atoms with E-state index in [1.807, 2.05) is 42.0 Å². The van der Waals surface area contributed by atoms with E-state index in [2.05, 4.69) is 23.7 Å². The zero-order valence-electron chi connectivity index (χ0n) is 14.7. The highest BCUT2D eigenvalue weighted by molar-refractivity contribution is 8.26. The average molecular weight is 375 g/mol. The van der Waals surface area contributed by atoms with Crippen LogP contribution in [0.15, 0.2) is 29.2 Å². The lowest BCUT2D eigenvalue weighted by molar-refractivity contribution is -0.122. The number of fused-ring (bicyclic) bond motifs is 1. The standard InChI is InChI=1S/C18H22N4OS2/c1-4-21(5-2)10-11-22-17(23)15(25-18(22)24)12-16-19-13-8-6-7-9-14(13)20(16)3/h6-9,12H,4-5,10-11H2,1-3H3/b15-12+. The molecule has 3 rings (SSSR count).